The summed E-state index contributed by atoms with van der Waals surface area (Å²) in [5.74, 6) is 1.10. The molecule has 20 heavy (non-hydrogen) atoms. The molecule has 2 heterocycles. The third-order valence-electron chi connectivity index (χ3n) is 3.66. The molecule has 1 aromatic carbocycles. The summed E-state index contributed by atoms with van der Waals surface area (Å²) in [6, 6.07) is 6.16. The van der Waals surface area contributed by atoms with Crippen molar-refractivity contribution in [3.8, 4) is 0 Å². The summed E-state index contributed by atoms with van der Waals surface area (Å²) in [5, 5.41) is 19.1. The maximum Gasteiger partial charge on any atom is 0.196 e. The number of aliphatic hydroxyl groups is 1. The Bertz CT molecular complexity index is 609. The normalized spacial score (nSPS) is 14.9. The molecule has 1 aliphatic heterocycles. The van der Waals surface area contributed by atoms with Gasteiger partial charge in [0.25, 0.3) is 0 Å². The maximum absolute atomic E-state index is 9.50. The molecule has 0 unspecified atom stereocenters. The standard InChI is InChI=1S/C15H19N3OS/c1-11-6-7-13(12(9-11)10-19)20-15-17-16-14-5-3-2-4-8-18(14)15/h6-7,9,19H,2-5,8,10H2,1H3. The van der Waals surface area contributed by atoms with Crippen LogP contribution in [0.15, 0.2) is 28.3 Å². The van der Waals surface area contributed by atoms with Crippen LogP contribution in [0.1, 0.15) is 36.2 Å². The zero-order chi connectivity index (χ0) is 13.9. The Labute approximate surface area is 123 Å². The molecule has 2 aromatic rings. The van der Waals surface area contributed by atoms with E-state index in [9.17, 15) is 5.11 Å². The lowest BCUT2D eigenvalue weighted by atomic mass is 10.1. The molecule has 106 valence electrons. The van der Waals surface area contributed by atoms with Gasteiger partial charge in [-0.2, -0.15) is 0 Å². The maximum atomic E-state index is 9.50. The van der Waals surface area contributed by atoms with Gasteiger partial charge in [0.1, 0.15) is 5.82 Å². The first-order valence-corrected chi connectivity index (χ1v) is 7.90. The van der Waals surface area contributed by atoms with Crippen LogP contribution in [-0.4, -0.2) is 19.9 Å². The molecular weight excluding hydrogens is 270 g/mol. The molecule has 0 bridgehead atoms. The fourth-order valence-electron chi connectivity index (χ4n) is 2.56. The van der Waals surface area contributed by atoms with Crippen LogP contribution in [0.4, 0.5) is 0 Å². The molecule has 4 nitrogen and oxygen atoms in total. The lowest BCUT2D eigenvalue weighted by Gasteiger charge is -2.09. The average Bonchev–Trinajstić information content (AvgIpc) is 2.69. The molecule has 0 radical (unpaired) electrons. The van der Waals surface area contributed by atoms with Crippen LogP contribution < -0.4 is 0 Å². The van der Waals surface area contributed by atoms with E-state index < -0.39 is 0 Å². The Hall–Kier alpha value is -1.33. The summed E-state index contributed by atoms with van der Waals surface area (Å²) in [7, 11) is 0. The Morgan fingerprint density at radius 2 is 2.15 bits per heavy atom. The van der Waals surface area contributed by atoms with Crippen LogP contribution in [-0.2, 0) is 19.6 Å². The van der Waals surface area contributed by atoms with E-state index >= 15 is 0 Å². The third-order valence-corrected chi connectivity index (χ3v) is 4.77. The van der Waals surface area contributed by atoms with Crippen molar-refractivity contribution in [2.45, 2.75) is 55.8 Å². The number of aromatic nitrogens is 3. The Morgan fingerprint density at radius 3 is 3.00 bits per heavy atom. The quantitative estimate of drug-likeness (QED) is 0.944. The van der Waals surface area contributed by atoms with Crippen LogP contribution in [0.5, 0.6) is 0 Å². The zero-order valence-electron chi connectivity index (χ0n) is 11.7. The molecule has 0 saturated carbocycles. The predicted molar refractivity (Wildman–Crippen MR) is 78.8 cm³/mol. The van der Waals surface area contributed by atoms with Crippen molar-refractivity contribution in [1.82, 2.24) is 14.8 Å². The van der Waals surface area contributed by atoms with Crippen LogP contribution in [0.25, 0.3) is 0 Å². The van der Waals surface area contributed by atoms with Gasteiger partial charge >= 0.3 is 0 Å². The minimum Gasteiger partial charge on any atom is -0.392 e. The monoisotopic (exact) mass is 289 g/mol. The zero-order valence-corrected chi connectivity index (χ0v) is 12.5. The van der Waals surface area contributed by atoms with Gasteiger partial charge in [0.15, 0.2) is 5.16 Å². The van der Waals surface area contributed by atoms with Crippen molar-refractivity contribution in [1.29, 1.82) is 0 Å². The topological polar surface area (TPSA) is 50.9 Å². The number of hydrogen-bond acceptors (Lipinski definition) is 4. The number of aliphatic hydroxyl groups excluding tert-OH is 1. The molecule has 0 aliphatic carbocycles. The number of aryl methyl sites for hydroxylation is 2. The summed E-state index contributed by atoms with van der Waals surface area (Å²) in [6.45, 7) is 3.10. The molecule has 0 amide bonds. The minimum absolute atomic E-state index is 0.0605. The Morgan fingerprint density at radius 1 is 1.25 bits per heavy atom. The third kappa shape index (κ3) is 2.74. The van der Waals surface area contributed by atoms with Crippen molar-refractivity contribution >= 4 is 11.8 Å². The Kier molecular flexibility index (Phi) is 4.08. The van der Waals surface area contributed by atoms with Crippen molar-refractivity contribution in [2.24, 2.45) is 0 Å². The molecule has 1 N–H and O–H groups in total. The molecule has 3 rings (SSSR count). The van der Waals surface area contributed by atoms with Gasteiger partial charge in [0.05, 0.1) is 6.61 Å². The highest BCUT2D eigenvalue weighted by Gasteiger charge is 2.16. The fourth-order valence-corrected chi connectivity index (χ4v) is 3.54. The van der Waals surface area contributed by atoms with Crippen LogP contribution in [0.2, 0.25) is 0 Å². The second-order valence-corrected chi connectivity index (χ2v) is 6.24. The second kappa shape index (κ2) is 5.97. The Balaban J connectivity index is 1.90. The van der Waals surface area contributed by atoms with E-state index in [1.165, 1.54) is 24.8 Å². The van der Waals surface area contributed by atoms with Crippen molar-refractivity contribution in [3.05, 3.63) is 35.2 Å². The first kappa shape index (κ1) is 13.6. The van der Waals surface area contributed by atoms with Crippen molar-refractivity contribution < 1.29 is 5.11 Å². The van der Waals surface area contributed by atoms with Crippen molar-refractivity contribution in [3.63, 3.8) is 0 Å². The highest BCUT2D eigenvalue weighted by Crippen LogP contribution is 2.31. The molecule has 5 heteroatoms. The minimum atomic E-state index is 0.0605. The SMILES string of the molecule is Cc1ccc(Sc2nnc3n2CCCCC3)c(CO)c1. The van der Waals surface area contributed by atoms with Gasteiger partial charge in [0, 0.05) is 17.9 Å². The van der Waals surface area contributed by atoms with Crippen LogP contribution >= 0.6 is 11.8 Å². The predicted octanol–water partition coefficient (Wildman–Crippen LogP) is 2.96. The van der Waals surface area contributed by atoms with E-state index in [1.54, 1.807) is 11.8 Å². The summed E-state index contributed by atoms with van der Waals surface area (Å²) in [4.78, 5) is 1.07. The number of hydrogen-bond donors (Lipinski definition) is 1. The van der Waals surface area contributed by atoms with Gasteiger partial charge in [-0.25, -0.2) is 0 Å². The van der Waals surface area contributed by atoms with E-state index in [4.69, 9.17) is 0 Å². The largest absolute Gasteiger partial charge is 0.392 e. The highest BCUT2D eigenvalue weighted by atomic mass is 32.2. The van der Waals surface area contributed by atoms with Gasteiger partial charge in [-0.15, -0.1) is 10.2 Å². The van der Waals surface area contributed by atoms with E-state index in [-0.39, 0.29) is 6.61 Å². The smallest absolute Gasteiger partial charge is 0.196 e. The summed E-state index contributed by atoms with van der Waals surface area (Å²) < 4.78 is 2.23. The molecular formula is C15H19N3OS. The van der Waals surface area contributed by atoms with Gasteiger partial charge in [-0.3, -0.25) is 0 Å². The van der Waals surface area contributed by atoms with Crippen LogP contribution in [0.3, 0.4) is 0 Å². The number of nitrogens with zero attached hydrogens (tertiary/aromatic N) is 3. The molecule has 1 aliphatic rings. The summed E-state index contributed by atoms with van der Waals surface area (Å²) in [5.41, 5.74) is 2.12. The first-order chi connectivity index (χ1) is 9.78. The molecule has 0 spiro atoms. The number of benzene rings is 1. The molecule has 0 saturated heterocycles. The lowest BCUT2D eigenvalue weighted by Crippen LogP contribution is -2.02. The van der Waals surface area contributed by atoms with E-state index in [0.29, 0.717) is 0 Å². The van der Waals surface area contributed by atoms with Gasteiger partial charge in [-0.1, -0.05) is 24.1 Å². The average molecular weight is 289 g/mol. The fraction of sp³-hybridized carbons (Fsp3) is 0.467. The first-order valence-electron chi connectivity index (χ1n) is 7.08. The summed E-state index contributed by atoms with van der Waals surface area (Å²) in [6.07, 6.45) is 4.68. The van der Waals surface area contributed by atoms with Gasteiger partial charge in [-0.05, 0) is 43.2 Å². The van der Waals surface area contributed by atoms with Crippen LogP contribution in [0, 0.1) is 6.92 Å². The molecule has 1 aromatic heterocycles. The molecule has 0 fully saturated rings. The highest BCUT2D eigenvalue weighted by molar-refractivity contribution is 7.99. The lowest BCUT2D eigenvalue weighted by molar-refractivity contribution is 0.279. The van der Waals surface area contributed by atoms with Gasteiger partial charge in [0.2, 0.25) is 0 Å². The van der Waals surface area contributed by atoms with E-state index in [2.05, 4.69) is 26.9 Å². The van der Waals surface area contributed by atoms with Gasteiger partial charge < -0.3 is 9.67 Å². The van der Waals surface area contributed by atoms with Crippen molar-refractivity contribution in [2.75, 3.05) is 0 Å². The molecule has 0 atom stereocenters. The second-order valence-electron chi connectivity index (χ2n) is 5.23. The number of rotatable bonds is 3. The van der Waals surface area contributed by atoms with E-state index in [1.807, 2.05) is 13.0 Å². The number of fused-ring (bicyclic) bond motifs is 1. The van der Waals surface area contributed by atoms with E-state index in [0.717, 1.165) is 34.4 Å². The summed E-state index contributed by atoms with van der Waals surface area (Å²) >= 11 is 1.61.